The van der Waals surface area contributed by atoms with Crippen molar-refractivity contribution in [2.24, 2.45) is 5.92 Å². The molecule has 0 bridgehead atoms. The van der Waals surface area contributed by atoms with Gasteiger partial charge in [-0.15, -0.1) is 0 Å². The van der Waals surface area contributed by atoms with Crippen molar-refractivity contribution < 1.29 is 4.74 Å². The molecule has 0 saturated heterocycles. The van der Waals surface area contributed by atoms with Crippen LogP contribution < -0.4 is 5.32 Å². The molecule has 15 heavy (non-hydrogen) atoms. The lowest BCUT2D eigenvalue weighted by molar-refractivity contribution is 0.0359. The molecular formula is C13H27NO. The zero-order chi connectivity index (χ0) is 11.1. The maximum Gasteiger partial charge on any atom is 0.0594 e. The molecule has 0 aromatic carbocycles. The molecule has 0 radical (unpaired) electrons. The normalized spacial score (nSPS) is 20.8. The van der Waals surface area contributed by atoms with Gasteiger partial charge in [-0.2, -0.15) is 0 Å². The zero-order valence-electron chi connectivity index (χ0n) is 10.6. The molecule has 2 heteroatoms. The second-order valence-corrected chi connectivity index (χ2v) is 5.11. The first-order valence-corrected chi connectivity index (χ1v) is 6.55. The van der Waals surface area contributed by atoms with E-state index in [1.165, 1.54) is 32.1 Å². The molecule has 0 amide bonds. The lowest BCUT2D eigenvalue weighted by Gasteiger charge is -2.23. The first-order chi connectivity index (χ1) is 7.20. The summed E-state index contributed by atoms with van der Waals surface area (Å²) in [5.41, 5.74) is 0. The topological polar surface area (TPSA) is 21.3 Å². The summed E-state index contributed by atoms with van der Waals surface area (Å²) in [6, 6.07) is 0.761. The van der Waals surface area contributed by atoms with Crippen molar-refractivity contribution in [3.8, 4) is 0 Å². The van der Waals surface area contributed by atoms with Crippen molar-refractivity contribution in [3.05, 3.63) is 0 Å². The first-order valence-electron chi connectivity index (χ1n) is 6.55. The molecule has 1 unspecified atom stereocenters. The summed E-state index contributed by atoms with van der Waals surface area (Å²) in [5, 5.41) is 3.59. The molecule has 0 aromatic rings. The van der Waals surface area contributed by atoms with Crippen LogP contribution in [0.3, 0.4) is 0 Å². The number of nitrogens with one attached hydrogen (secondary N) is 1. The Morgan fingerprint density at radius 1 is 1.13 bits per heavy atom. The van der Waals surface area contributed by atoms with Crippen molar-refractivity contribution >= 4 is 0 Å². The van der Waals surface area contributed by atoms with E-state index in [1.807, 2.05) is 0 Å². The largest absolute Gasteiger partial charge is 0.377 e. The van der Waals surface area contributed by atoms with E-state index in [9.17, 15) is 0 Å². The Morgan fingerprint density at radius 2 is 1.80 bits per heavy atom. The molecule has 1 rings (SSSR count). The highest BCUT2D eigenvalue weighted by Crippen LogP contribution is 2.17. The Bertz CT molecular complexity index is 153. The average Bonchev–Trinajstić information content (AvgIpc) is 2.25. The van der Waals surface area contributed by atoms with Gasteiger partial charge in [0.2, 0.25) is 0 Å². The van der Waals surface area contributed by atoms with Gasteiger partial charge in [-0.05, 0) is 25.7 Å². The van der Waals surface area contributed by atoms with E-state index in [0.717, 1.165) is 19.2 Å². The van der Waals surface area contributed by atoms with E-state index < -0.39 is 0 Å². The predicted octanol–water partition coefficient (Wildman–Crippen LogP) is 2.97. The molecule has 1 N–H and O–H groups in total. The van der Waals surface area contributed by atoms with Crippen LogP contribution in [0.1, 0.15) is 52.9 Å². The molecular weight excluding hydrogens is 186 g/mol. The third-order valence-electron chi connectivity index (χ3n) is 3.46. The highest BCUT2D eigenvalue weighted by atomic mass is 16.5. The monoisotopic (exact) mass is 213 g/mol. The van der Waals surface area contributed by atoms with Crippen LogP contribution in [0.4, 0.5) is 0 Å². The first kappa shape index (κ1) is 13.0. The summed E-state index contributed by atoms with van der Waals surface area (Å²) >= 11 is 0. The van der Waals surface area contributed by atoms with E-state index in [0.29, 0.717) is 12.0 Å². The summed E-state index contributed by atoms with van der Waals surface area (Å²) in [5.74, 6) is 0.625. The zero-order valence-corrected chi connectivity index (χ0v) is 10.6. The highest BCUT2D eigenvalue weighted by Gasteiger charge is 2.12. The van der Waals surface area contributed by atoms with Crippen molar-refractivity contribution in [1.29, 1.82) is 0 Å². The molecule has 1 atom stereocenters. The Morgan fingerprint density at radius 3 is 2.40 bits per heavy atom. The van der Waals surface area contributed by atoms with Crippen molar-refractivity contribution in [3.63, 3.8) is 0 Å². The SMILES string of the molecule is CC(C)C(C)OCCNC1CCCCC1. The number of hydrogen-bond acceptors (Lipinski definition) is 2. The van der Waals surface area contributed by atoms with Crippen LogP contribution in [-0.2, 0) is 4.74 Å². The summed E-state index contributed by atoms with van der Waals surface area (Å²) in [7, 11) is 0. The Labute approximate surface area is 94.8 Å². The van der Waals surface area contributed by atoms with Crippen LogP contribution in [0.15, 0.2) is 0 Å². The van der Waals surface area contributed by atoms with E-state index in [2.05, 4.69) is 26.1 Å². The van der Waals surface area contributed by atoms with E-state index >= 15 is 0 Å². The summed E-state index contributed by atoms with van der Waals surface area (Å²) < 4.78 is 5.73. The third-order valence-corrected chi connectivity index (χ3v) is 3.46. The molecule has 0 heterocycles. The lowest BCUT2D eigenvalue weighted by atomic mass is 9.96. The van der Waals surface area contributed by atoms with Crippen LogP contribution in [0.25, 0.3) is 0 Å². The minimum Gasteiger partial charge on any atom is -0.377 e. The van der Waals surface area contributed by atoms with E-state index in [4.69, 9.17) is 4.74 Å². The van der Waals surface area contributed by atoms with Gasteiger partial charge < -0.3 is 10.1 Å². The van der Waals surface area contributed by atoms with E-state index in [-0.39, 0.29) is 0 Å². The summed E-state index contributed by atoms with van der Waals surface area (Å²) in [6.07, 6.45) is 7.35. The number of rotatable bonds is 6. The standard InChI is InChI=1S/C13H27NO/c1-11(2)12(3)15-10-9-14-13-7-5-4-6-8-13/h11-14H,4-10H2,1-3H3. The molecule has 2 nitrogen and oxygen atoms in total. The van der Waals surface area contributed by atoms with Gasteiger partial charge in [0.15, 0.2) is 0 Å². The highest BCUT2D eigenvalue weighted by molar-refractivity contribution is 4.71. The maximum absolute atomic E-state index is 5.73. The van der Waals surface area contributed by atoms with Crippen LogP contribution in [0, 0.1) is 5.92 Å². The van der Waals surface area contributed by atoms with Crippen LogP contribution in [0.5, 0.6) is 0 Å². The molecule has 1 aliphatic rings. The minimum absolute atomic E-state index is 0.387. The second kappa shape index (κ2) is 7.24. The Kier molecular flexibility index (Phi) is 6.26. The van der Waals surface area contributed by atoms with Crippen LogP contribution >= 0.6 is 0 Å². The quantitative estimate of drug-likeness (QED) is 0.685. The number of hydrogen-bond donors (Lipinski definition) is 1. The maximum atomic E-state index is 5.73. The Hall–Kier alpha value is -0.0800. The van der Waals surface area contributed by atoms with Crippen LogP contribution in [-0.4, -0.2) is 25.3 Å². The van der Waals surface area contributed by atoms with Gasteiger partial charge in [0.05, 0.1) is 12.7 Å². The lowest BCUT2D eigenvalue weighted by Crippen LogP contribution is -2.34. The molecule has 1 saturated carbocycles. The van der Waals surface area contributed by atoms with Gasteiger partial charge in [0.1, 0.15) is 0 Å². The van der Waals surface area contributed by atoms with Gasteiger partial charge in [0, 0.05) is 12.6 Å². The molecule has 90 valence electrons. The van der Waals surface area contributed by atoms with Gasteiger partial charge >= 0.3 is 0 Å². The van der Waals surface area contributed by atoms with Crippen molar-refractivity contribution in [1.82, 2.24) is 5.32 Å². The minimum atomic E-state index is 0.387. The fourth-order valence-electron chi connectivity index (χ4n) is 2.01. The smallest absolute Gasteiger partial charge is 0.0594 e. The van der Waals surface area contributed by atoms with Gasteiger partial charge in [-0.3, -0.25) is 0 Å². The van der Waals surface area contributed by atoms with Gasteiger partial charge in [-0.25, -0.2) is 0 Å². The fourth-order valence-corrected chi connectivity index (χ4v) is 2.01. The second-order valence-electron chi connectivity index (χ2n) is 5.11. The van der Waals surface area contributed by atoms with Gasteiger partial charge in [-0.1, -0.05) is 33.1 Å². The molecule has 0 spiro atoms. The van der Waals surface area contributed by atoms with E-state index in [1.54, 1.807) is 0 Å². The van der Waals surface area contributed by atoms with Crippen molar-refractivity contribution in [2.75, 3.05) is 13.2 Å². The molecule has 0 aromatic heterocycles. The Balaban J connectivity index is 1.96. The predicted molar refractivity (Wildman–Crippen MR) is 65.1 cm³/mol. The fraction of sp³-hybridized carbons (Fsp3) is 1.00. The third kappa shape index (κ3) is 5.53. The average molecular weight is 213 g/mol. The molecule has 0 aliphatic heterocycles. The summed E-state index contributed by atoms with van der Waals surface area (Å²) in [6.45, 7) is 8.45. The van der Waals surface area contributed by atoms with Crippen molar-refractivity contribution in [2.45, 2.75) is 65.0 Å². The molecule has 1 aliphatic carbocycles. The van der Waals surface area contributed by atoms with Crippen LogP contribution in [0.2, 0.25) is 0 Å². The summed E-state index contributed by atoms with van der Waals surface area (Å²) in [4.78, 5) is 0. The van der Waals surface area contributed by atoms with Gasteiger partial charge in [0.25, 0.3) is 0 Å². The molecule has 1 fully saturated rings. The number of ether oxygens (including phenoxy) is 1.